The largest absolute Gasteiger partial charge is 0.457 e. The molecular weight excluding hydrogens is 254 g/mol. The van der Waals surface area contributed by atoms with E-state index in [1.807, 2.05) is 30.3 Å². The number of carbonyl (C=O) groups is 1. The lowest BCUT2D eigenvalue weighted by atomic mass is 10.1. The molecule has 0 radical (unpaired) electrons. The van der Waals surface area contributed by atoms with Gasteiger partial charge in [-0.2, -0.15) is 0 Å². The minimum absolute atomic E-state index is 0.450. The first kappa shape index (κ1) is 14.1. The summed E-state index contributed by atoms with van der Waals surface area (Å²) < 4.78 is 5.64. The van der Waals surface area contributed by atoms with Gasteiger partial charge >= 0.3 is 0 Å². The van der Waals surface area contributed by atoms with Gasteiger partial charge in [0.1, 0.15) is 17.1 Å². The van der Waals surface area contributed by atoms with Crippen LogP contribution < -0.4 is 10.1 Å². The topological polar surface area (TPSA) is 58.6 Å². The first-order valence-electron chi connectivity index (χ1n) is 6.32. The predicted molar refractivity (Wildman–Crippen MR) is 77.9 cm³/mol. The van der Waals surface area contributed by atoms with Crippen LogP contribution in [0.25, 0.3) is 0 Å². The van der Waals surface area contributed by atoms with E-state index in [4.69, 9.17) is 4.74 Å². The summed E-state index contributed by atoms with van der Waals surface area (Å²) in [6.07, 6.45) is 0. The minimum atomic E-state index is -1.40. The van der Waals surface area contributed by atoms with Crippen molar-refractivity contribution in [2.75, 3.05) is 5.32 Å². The van der Waals surface area contributed by atoms with Crippen molar-refractivity contribution in [1.82, 2.24) is 0 Å². The van der Waals surface area contributed by atoms with Gasteiger partial charge in [0, 0.05) is 5.69 Å². The van der Waals surface area contributed by atoms with Crippen LogP contribution in [0.15, 0.2) is 54.6 Å². The van der Waals surface area contributed by atoms with Crippen molar-refractivity contribution >= 4 is 11.6 Å². The Bertz CT molecular complexity index is 571. The highest BCUT2D eigenvalue weighted by atomic mass is 16.5. The lowest BCUT2D eigenvalue weighted by Gasteiger charge is -2.16. The average molecular weight is 271 g/mol. The smallest absolute Gasteiger partial charge is 0.255 e. The summed E-state index contributed by atoms with van der Waals surface area (Å²) in [6.45, 7) is 2.88. The van der Waals surface area contributed by atoms with E-state index in [0.717, 1.165) is 5.75 Å². The molecular formula is C16H17NO3. The van der Waals surface area contributed by atoms with Crippen LogP contribution >= 0.6 is 0 Å². The highest BCUT2D eigenvalue weighted by molar-refractivity contribution is 5.96. The third-order valence-electron chi connectivity index (χ3n) is 2.65. The molecule has 0 saturated heterocycles. The zero-order valence-corrected chi connectivity index (χ0v) is 11.5. The van der Waals surface area contributed by atoms with E-state index in [1.54, 1.807) is 24.3 Å². The predicted octanol–water partition coefficient (Wildman–Crippen LogP) is 3.19. The number of para-hydroxylation sites is 1. The fourth-order valence-corrected chi connectivity index (χ4v) is 1.51. The number of benzene rings is 2. The Kier molecular flexibility index (Phi) is 4.05. The maximum atomic E-state index is 11.6. The van der Waals surface area contributed by atoms with Gasteiger partial charge in [-0.1, -0.05) is 18.2 Å². The third kappa shape index (κ3) is 3.83. The van der Waals surface area contributed by atoms with Gasteiger partial charge in [0.25, 0.3) is 5.91 Å². The number of carbonyl (C=O) groups excluding carboxylic acids is 1. The van der Waals surface area contributed by atoms with Crippen molar-refractivity contribution in [1.29, 1.82) is 0 Å². The average Bonchev–Trinajstić information content (AvgIpc) is 2.41. The number of ether oxygens (including phenoxy) is 1. The number of hydrogen-bond acceptors (Lipinski definition) is 3. The van der Waals surface area contributed by atoms with Crippen LogP contribution in [0.1, 0.15) is 13.8 Å². The van der Waals surface area contributed by atoms with Crippen molar-refractivity contribution in [3.05, 3.63) is 54.6 Å². The molecule has 0 atom stereocenters. The molecule has 2 N–H and O–H groups in total. The molecule has 4 heteroatoms. The summed E-state index contributed by atoms with van der Waals surface area (Å²) in [6, 6.07) is 16.4. The number of rotatable bonds is 4. The van der Waals surface area contributed by atoms with Gasteiger partial charge in [-0.05, 0) is 50.2 Å². The summed E-state index contributed by atoms with van der Waals surface area (Å²) in [5, 5.41) is 12.2. The highest BCUT2D eigenvalue weighted by Crippen LogP contribution is 2.22. The lowest BCUT2D eigenvalue weighted by Crippen LogP contribution is -2.36. The fraction of sp³-hybridized carbons (Fsp3) is 0.188. The van der Waals surface area contributed by atoms with Crippen molar-refractivity contribution < 1.29 is 14.6 Å². The number of aliphatic hydroxyl groups is 1. The Morgan fingerprint density at radius 1 is 1.00 bits per heavy atom. The van der Waals surface area contributed by atoms with Crippen molar-refractivity contribution in [2.45, 2.75) is 19.4 Å². The molecule has 2 aromatic carbocycles. The number of anilines is 1. The van der Waals surface area contributed by atoms with Crippen molar-refractivity contribution in [2.24, 2.45) is 0 Å². The second kappa shape index (κ2) is 5.75. The highest BCUT2D eigenvalue weighted by Gasteiger charge is 2.23. The van der Waals surface area contributed by atoms with Crippen LogP contribution in [0, 0.1) is 0 Å². The van der Waals surface area contributed by atoms with Crippen LogP contribution in [-0.4, -0.2) is 16.6 Å². The van der Waals surface area contributed by atoms with E-state index in [0.29, 0.717) is 11.4 Å². The van der Waals surface area contributed by atoms with Crippen molar-refractivity contribution in [3.63, 3.8) is 0 Å². The van der Waals surface area contributed by atoms with Crippen LogP contribution in [0.3, 0.4) is 0 Å². The fourth-order valence-electron chi connectivity index (χ4n) is 1.51. The number of amides is 1. The zero-order chi connectivity index (χ0) is 14.6. The summed E-state index contributed by atoms with van der Waals surface area (Å²) in [4.78, 5) is 11.6. The second-order valence-corrected chi connectivity index (χ2v) is 4.95. The Morgan fingerprint density at radius 3 is 2.10 bits per heavy atom. The van der Waals surface area contributed by atoms with Gasteiger partial charge in [0.2, 0.25) is 0 Å². The van der Waals surface area contributed by atoms with E-state index in [-0.39, 0.29) is 0 Å². The second-order valence-electron chi connectivity index (χ2n) is 4.95. The SMILES string of the molecule is CC(C)(O)C(=O)Nc1ccc(Oc2ccccc2)cc1. The first-order chi connectivity index (χ1) is 9.45. The monoisotopic (exact) mass is 271 g/mol. The molecule has 0 saturated carbocycles. The zero-order valence-electron chi connectivity index (χ0n) is 11.5. The molecule has 0 aliphatic heterocycles. The summed E-state index contributed by atoms with van der Waals surface area (Å²) in [5.74, 6) is 0.979. The van der Waals surface area contributed by atoms with Gasteiger partial charge in [0.15, 0.2) is 0 Å². The Hall–Kier alpha value is -2.33. The van der Waals surface area contributed by atoms with E-state index in [9.17, 15) is 9.90 Å². The van der Waals surface area contributed by atoms with Gasteiger partial charge < -0.3 is 15.2 Å². The first-order valence-corrected chi connectivity index (χ1v) is 6.32. The van der Waals surface area contributed by atoms with E-state index in [1.165, 1.54) is 13.8 Å². The van der Waals surface area contributed by atoms with Gasteiger partial charge in [-0.25, -0.2) is 0 Å². The standard InChI is InChI=1S/C16H17NO3/c1-16(2,19)15(18)17-12-8-10-14(11-9-12)20-13-6-4-3-5-7-13/h3-11,19H,1-2H3,(H,17,18). The quantitative estimate of drug-likeness (QED) is 0.897. The van der Waals surface area contributed by atoms with E-state index >= 15 is 0 Å². The number of nitrogens with one attached hydrogen (secondary N) is 1. The molecule has 20 heavy (non-hydrogen) atoms. The number of hydrogen-bond donors (Lipinski definition) is 2. The summed E-state index contributed by atoms with van der Waals surface area (Å²) >= 11 is 0. The maximum absolute atomic E-state index is 11.6. The van der Waals surface area contributed by atoms with Crippen molar-refractivity contribution in [3.8, 4) is 11.5 Å². The molecule has 0 aliphatic rings. The molecule has 0 fully saturated rings. The molecule has 0 heterocycles. The lowest BCUT2D eigenvalue weighted by molar-refractivity contribution is -0.130. The Labute approximate surface area is 118 Å². The normalized spacial score (nSPS) is 10.9. The summed E-state index contributed by atoms with van der Waals surface area (Å²) in [5.41, 5.74) is -0.795. The van der Waals surface area contributed by atoms with E-state index < -0.39 is 11.5 Å². The summed E-state index contributed by atoms with van der Waals surface area (Å²) in [7, 11) is 0. The van der Waals surface area contributed by atoms with Crippen LogP contribution in [0.4, 0.5) is 5.69 Å². The molecule has 0 bridgehead atoms. The maximum Gasteiger partial charge on any atom is 0.255 e. The molecule has 2 aromatic rings. The molecule has 0 spiro atoms. The van der Waals surface area contributed by atoms with Crippen LogP contribution in [0.5, 0.6) is 11.5 Å². The van der Waals surface area contributed by atoms with Crippen LogP contribution in [0.2, 0.25) is 0 Å². The molecule has 0 aliphatic carbocycles. The van der Waals surface area contributed by atoms with E-state index in [2.05, 4.69) is 5.32 Å². The molecule has 0 unspecified atom stereocenters. The van der Waals surface area contributed by atoms with Gasteiger partial charge in [-0.3, -0.25) is 4.79 Å². The van der Waals surface area contributed by atoms with Gasteiger partial charge in [0.05, 0.1) is 0 Å². The molecule has 2 rings (SSSR count). The molecule has 104 valence electrons. The molecule has 4 nitrogen and oxygen atoms in total. The Morgan fingerprint density at radius 2 is 1.55 bits per heavy atom. The Balaban J connectivity index is 2.02. The third-order valence-corrected chi connectivity index (χ3v) is 2.65. The molecule has 0 aromatic heterocycles. The van der Waals surface area contributed by atoms with Crippen LogP contribution in [-0.2, 0) is 4.79 Å². The molecule has 1 amide bonds. The van der Waals surface area contributed by atoms with Gasteiger partial charge in [-0.15, -0.1) is 0 Å². The minimum Gasteiger partial charge on any atom is -0.457 e.